The molecule has 0 saturated heterocycles. The molecule has 1 aliphatic heterocycles. The number of carbonyl (C=O) groups excluding carboxylic acids is 1. The SMILES string of the molecule is O=C(NCc1nc2c(s1)COCC2)Nc1ccc(C2CCC2)cn1. The van der Waals surface area contributed by atoms with E-state index in [4.69, 9.17) is 4.74 Å². The van der Waals surface area contributed by atoms with E-state index >= 15 is 0 Å². The Labute approximate surface area is 144 Å². The number of fused-ring (bicyclic) bond motifs is 1. The molecule has 4 rings (SSSR count). The van der Waals surface area contributed by atoms with Crippen molar-refractivity contribution in [1.29, 1.82) is 0 Å². The molecule has 7 heteroatoms. The Balaban J connectivity index is 1.29. The van der Waals surface area contributed by atoms with Crippen molar-refractivity contribution in [2.45, 2.75) is 44.8 Å². The largest absolute Gasteiger partial charge is 0.375 e. The summed E-state index contributed by atoms with van der Waals surface area (Å²) in [5.74, 6) is 1.22. The predicted molar refractivity (Wildman–Crippen MR) is 92.2 cm³/mol. The van der Waals surface area contributed by atoms with Gasteiger partial charge in [0.05, 0.1) is 30.3 Å². The Hall–Kier alpha value is -1.99. The molecular weight excluding hydrogens is 324 g/mol. The second-order valence-corrected chi connectivity index (χ2v) is 7.36. The number of hydrogen-bond acceptors (Lipinski definition) is 5. The zero-order valence-corrected chi connectivity index (χ0v) is 14.2. The quantitative estimate of drug-likeness (QED) is 0.893. The van der Waals surface area contributed by atoms with Crippen LogP contribution >= 0.6 is 11.3 Å². The summed E-state index contributed by atoms with van der Waals surface area (Å²) in [7, 11) is 0. The normalized spacial score (nSPS) is 17.0. The zero-order chi connectivity index (χ0) is 16.4. The van der Waals surface area contributed by atoms with Crippen molar-refractivity contribution in [3.05, 3.63) is 39.5 Å². The standard InChI is InChI=1S/C17H20N4O2S/c22-17(19-9-16-20-13-6-7-23-10-14(13)24-16)21-15-5-4-12(8-18-15)11-2-1-3-11/h4-5,8,11H,1-3,6-7,9-10H2,(H2,18,19,21,22). The molecule has 126 valence electrons. The van der Waals surface area contributed by atoms with Crippen LogP contribution in [0.1, 0.15) is 46.3 Å². The maximum atomic E-state index is 12.0. The number of amides is 2. The first kappa shape index (κ1) is 15.5. The first-order valence-electron chi connectivity index (χ1n) is 8.34. The molecule has 2 aromatic heterocycles. The number of ether oxygens (including phenoxy) is 1. The predicted octanol–water partition coefficient (Wildman–Crippen LogP) is 3.20. The van der Waals surface area contributed by atoms with Gasteiger partial charge >= 0.3 is 6.03 Å². The lowest BCUT2D eigenvalue weighted by atomic mass is 9.81. The highest BCUT2D eigenvalue weighted by atomic mass is 32.1. The summed E-state index contributed by atoms with van der Waals surface area (Å²) in [4.78, 5) is 22.1. The topological polar surface area (TPSA) is 76.1 Å². The van der Waals surface area contributed by atoms with Crippen molar-refractivity contribution >= 4 is 23.2 Å². The molecule has 1 fully saturated rings. The fourth-order valence-corrected chi connectivity index (χ4v) is 3.93. The summed E-state index contributed by atoms with van der Waals surface area (Å²) in [5.41, 5.74) is 2.37. The Morgan fingerprint density at radius 2 is 2.29 bits per heavy atom. The number of hydrogen-bond donors (Lipinski definition) is 2. The Kier molecular flexibility index (Phi) is 4.44. The Bertz CT molecular complexity index is 701. The van der Waals surface area contributed by atoms with E-state index in [-0.39, 0.29) is 6.03 Å². The van der Waals surface area contributed by atoms with Crippen LogP contribution in [0.4, 0.5) is 10.6 Å². The van der Waals surface area contributed by atoms with Gasteiger partial charge in [0.25, 0.3) is 0 Å². The second kappa shape index (κ2) is 6.86. The molecule has 2 N–H and O–H groups in total. The molecule has 2 aliphatic rings. The summed E-state index contributed by atoms with van der Waals surface area (Å²) >= 11 is 1.60. The summed E-state index contributed by atoms with van der Waals surface area (Å²) in [5, 5.41) is 6.51. The highest BCUT2D eigenvalue weighted by molar-refractivity contribution is 7.11. The van der Waals surface area contributed by atoms with E-state index in [1.54, 1.807) is 11.3 Å². The Morgan fingerprint density at radius 3 is 3.00 bits per heavy atom. The molecular formula is C17H20N4O2S. The van der Waals surface area contributed by atoms with Crippen LogP contribution in [0.3, 0.4) is 0 Å². The number of thiazole rings is 1. The second-order valence-electron chi connectivity index (χ2n) is 6.19. The van der Waals surface area contributed by atoms with Crippen molar-refractivity contribution in [3.63, 3.8) is 0 Å². The lowest BCUT2D eigenvalue weighted by Gasteiger charge is -2.25. The molecule has 0 unspecified atom stereocenters. The number of rotatable bonds is 4. The molecule has 6 nitrogen and oxygen atoms in total. The van der Waals surface area contributed by atoms with Gasteiger partial charge in [0.1, 0.15) is 10.8 Å². The fourth-order valence-electron chi connectivity index (χ4n) is 2.93. The van der Waals surface area contributed by atoms with E-state index in [1.807, 2.05) is 12.3 Å². The number of carbonyl (C=O) groups is 1. The van der Waals surface area contributed by atoms with Gasteiger partial charge < -0.3 is 10.1 Å². The molecule has 0 aromatic carbocycles. The van der Waals surface area contributed by atoms with Crippen LogP contribution in [-0.2, 0) is 24.3 Å². The van der Waals surface area contributed by atoms with E-state index < -0.39 is 0 Å². The third-order valence-electron chi connectivity index (χ3n) is 4.54. The third-order valence-corrected chi connectivity index (χ3v) is 5.61. The number of nitrogens with one attached hydrogen (secondary N) is 2. The number of anilines is 1. The van der Waals surface area contributed by atoms with Gasteiger partial charge in [-0.2, -0.15) is 0 Å². The summed E-state index contributed by atoms with van der Waals surface area (Å²) in [6, 6.07) is 3.66. The minimum Gasteiger partial charge on any atom is -0.375 e. The fraction of sp³-hybridized carbons (Fsp3) is 0.471. The van der Waals surface area contributed by atoms with Crippen molar-refractivity contribution in [3.8, 4) is 0 Å². The van der Waals surface area contributed by atoms with Crippen LogP contribution in [0.5, 0.6) is 0 Å². The van der Waals surface area contributed by atoms with Crippen LogP contribution in [-0.4, -0.2) is 22.6 Å². The maximum Gasteiger partial charge on any atom is 0.320 e. The molecule has 0 spiro atoms. The maximum absolute atomic E-state index is 12.0. The highest BCUT2D eigenvalue weighted by Crippen LogP contribution is 2.36. The van der Waals surface area contributed by atoms with E-state index in [2.05, 4.69) is 26.7 Å². The van der Waals surface area contributed by atoms with E-state index in [1.165, 1.54) is 29.7 Å². The lowest BCUT2D eigenvalue weighted by molar-refractivity contribution is 0.112. The molecule has 0 radical (unpaired) electrons. The van der Waals surface area contributed by atoms with Crippen molar-refractivity contribution in [2.75, 3.05) is 11.9 Å². The van der Waals surface area contributed by atoms with Crippen molar-refractivity contribution < 1.29 is 9.53 Å². The van der Waals surface area contributed by atoms with Gasteiger partial charge in [-0.3, -0.25) is 5.32 Å². The van der Waals surface area contributed by atoms with Gasteiger partial charge in [-0.25, -0.2) is 14.8 Å². The first-order chi connectivity index (χ1) is 11.8. The molecule has 1 aliphatic carbocycles. The number of pyridine rings is 1. The van der Waals surface area contributed by atoms with Crippen LogP contribution < -0.4 is 10.6 Å². The Morgan fingerprint density at radius 1 is 1.38 bits per heavy atom. The molecule has 1 saturated carbocycles. The molecule has 0 atom stereocenters. The highest BCUT2D eigenvalue weighted by Gasteiger charge is 2.19. The van der Waals surface area contributed by atoms with Crippen LogP contribution in [0.25, 0.3) is 0 Å². The number of aromatic nitrogens is 2. The van der Waals surface area contributed by atoms with E-state index in [9.17, 15) is 4.79 Å². The monoisotopic (exact) mass is 344 g/mol. The number of nitrogens with zero attached hydrogens (tertiary/aromatic N) is 2. The van der Waals surface area contributed by atoms with Gasteiger partial charge in [0.2, 0.25) is 0 Å². The molecule has 2 aromatic rings. The smallest absolute Gasteiger partial charge is 0.320 e. The third kappa shape index (κ3) is 3.42. The molecule has 3 heterocycles. The van der Waals surface area contributed by atoms with Crippen molar-refractivity contribution in [1.82, 2.24) is 15.3 Å². The van der Waals surface area contributed by atoms with Crippen LogP contribution in [0.2, 0.25) is 0 Å². The summed E-state index contributed by atoms with van der Waals surface area (Å²) in [6.45, 7) is 1.78. The zero-order valence-electron chi connectivity index (χ0n) is 13.4. The summed E-state index contributed by atoms with van der Waals surface area (Å²) < 4.78 is 5.41. The lowest BCUT2D eigenvalue weighted by Crippen LogP contribution is -2.28. The van der Waals surface area contributed by atoms with Crippen LogP contribution in [0.15, 0.2) is 18.3 Å². The minimum absolute atomic E-state index is 0.261. The average molecular weight is 344 g/mol. The van der Waals surface area contributed by atoms with E-state index in [0.29, 0.717) is 24.9 Å². The van der Waals surface area contributed by atoms with Gasteiger partial charge in [-0.15, -0.1) is 11.3 Å². The minimum atomic E-state index is -0.261. The number of urea groups is 1. The van der Waals surface area contributed by atoms with Crippen LogP contribution in [0, 0.1) is 0 Å². The van der Waals surface area contributed by atoms with Gasteiger partial charge in [0.15, 0.2) is 0 Å². The molecule has 0 bridgehead atoms. The van der Waals surface area contributed by atoms with Gasteiger partial charge in [-0.05, 0) is 30.4 Å². The molecule has 2 amide bonds. The van der Waals surface area contributed by atoms with Gasteiger partial charge in [-0.1, -0.05) is 12.5 Å². The van der Waals surface area contributed by atoms with Crippen molar-refractivity contribution in [2.24, 2.45) is 0 Å². The average Bonchev–Trinajstić information content (AvgIpc) is 2.96. The summed E-state index contributed by atoms with van der Waals surface area (Å²) in [6.07, 6.45) is 6.53. The van der Waals surface area contributed by atoms with E-state index in [0.717, 1.165) is 23.7 Å². The molecule has 24 heavy (non-hydrogen) atoms. The first-order valence-corrected chi connectivity index (χ1v) is 9.15. The van der Waals surface area contributed by atoms with Gasteiger partial charge in [0, 0.05) is 12.6 Å².